The summed E-state index contributed by atoms with van der Waals surface area (Å²) >= 11 is 0. The second-order valence-electron chi connectivity index (χ2n) is 7.44. The molecule has 0 aromatic carbocycles. The average molecular weight is 409 g/mol. The maximum Gasteiger partial charge on any atom is 0.254 e. The molecular weight excluding hydrogens is 390 g/mol. The summed E-state index contributed by atoms with van der Waals surface area (Å²) in [5.41, 5.74) is 6.81. The highest BCUT2D eigenvalue weighted by molar-refractivity contribution is 6.00. The molecule has 31 heavy (non-hydrogen) atoms. The average Bonchev–Trinajstić information content (AvgIpc) is 3.43. The van der Waals surface area contributed by atoms with E-state index in [0.29, 0.717) is 12.1 Å². The number of anilines is 1. The first-order valence-corrected chi connectivity index (χ1v) is 9.80. The van der Waals surface area contributed by atoms with Gasteiger partial charge in [-0.2, -0.15) is 0 Å². The highest BCUT2D eigenvalue weighted by Crippen LogP contribution is 2.35. The smallest absolute Gasteiger partial charge is 0.254 e. The largest absolute Gasteiger partial charge is 0.346 e. The van der Waals surface area contributed by atoms with Crippen molar-refractivity contribution in [2.24, 2.45) is 7.05 Å². The van der Waals surface area contributed by atoms with Gasteiger partial charge in [0.1, 0.15) is 5.65 Å². The Balaban J connectivity index is 1.64. The Hall–Kier alpha value is -4.26. The Morgan fingerprint density at radius 1 is 1.23 bits per heavy atom. The van der Waals surface area contributed by atoms with Crippen LogP contribution in [0.15, 0.2) is 66.6 Å². The Bertz CT molecular complexity index is 1460. The van der Waals surface area contributed by atoms with Crippen LogP contribution < -0.4 is 10.9 Å². The number of carbonyl (C=O) groups is 1. The number of H-pyrrole nitrogens is 1. The van der Waals surface area contributed by atoms with Crippen LogP contribution in [-0.2, 0) is 18.3 Å². The Labute approximate surface area is 177 Å². The van der Waals surface area contributed by atoms with Crippen LogP contribution in [0.1, 0.15) is 11.1 Å². The lowest BCUT2D eigenvalue weighted by Gasteiger charge is -2.10. The normalized spacial score (nSPS) is 12.2. The molecule has 0 aliphatic heterocycles. The molecule has 1 amide bonds. The summed E-state index contributed by atoms with van der Waals surface area (Å²) in [7, 11) is 1.78. The number of nitrogens with zero attached hydrogens (tertiary/aromatic N) is 3. The fourth-order valence-electron chi connectivity index (χ4n) is 3.95. The Morgan fingerprint density at radius 3 is 2.90 bits per heavy atom. The van der Waals surface area contributed by atoms with Gasteiger partial charge in [0.05, 0.1) is 11.9 Å². The first kappa shape index (κ1) is 18.7. The van der Waals surface area contributed by atoms with Gasteiger partial charge in [-0.05, 0) is 30.2 Å². The summed E-state index contributed by atoms with van der Waals surface area (Å²) in [4.78, 5) is 36.1. The van der Waals surface area contributed by atoms with E-state index in [0.717, 1.165) is 44.4 Å². The van der Waals surface area contributed by atoms with Crippen LogP contribution in [0.3, 0.4) is 0 Å². The van der Waals surface area contributed by atoms with Crippen LogP contribution in [0.25, 0.3) is 39.4 Å². The van der Waals surface area contributed by atoms with Crippen molar-refractivity contribution < 1.29 is 4.79 Å². The van der Waals surface area contributed by atoms with Gasteiger partial charge in [-0.25, -0.2) is 4.98 Å². The van der Waals surface area contributed by atoms with Gasteiger partial charge in [-0.15, -0.1) is 0 Å². The Kier molecular flexibility index (Phi) is 4.36. The first-order chi connectivity index (χ1) is 15.0. The molecule has 7 heteroatoms. The first-order valence-electron chi connectivity index (χ1n) is 9.80. The molecule has 2 N–H and O–H groups in total. The molecule has 0 atom stereocenters. The van der Waals surface area contributed by atoms with Crippen molar-refractivity contribution in [3.05, 3.63) is 83.3 Å². The van der Waals surface area contributed by atoms with E-state index in [9.17, 15) is 9.59 Å². The van der Waals surface area contributed by atoms with Crippen LogP contribution in [0.5, 0.6) is 0 Å². The summed E-state index contributed by atoms with van der Waals surface area (Å²) in [5, 5.41) is 3.67. The quantitative estimate of drug-likeness (QED) is 0.503. The molecule has 0 spiro atoms. The summed E-state index contributed by atoms with van der Waals surface area (Å²) in [5.74, 6) is -0.294. The van der Waals surface area contributed by atoms with E-state index >= 15 is 0 Å². The summed E-state index contributed by atoms with van der Waals surface area (Å²) in [6.07, 6.45) is 14.8. The van der Waals surface area contributed by atoms with Crippen molar-refractivity contribution in [2.45, 2.75) is 6.42 Å². The third kappa shape index (κ3) is 3.16. The van der Waals surface area contributed by atoms with Crippen LogP contribution in [0.4, 0.5) is 5.69 Å². The molecule has 1 aliphatic carbocycles. The highest BCUT2D eigenvalue weighted by atomic mass is 16.1. The molecule has 4 aromatic rings. The number of fused-ring (bicyclic) bond motifs is 2. The maximum absolute atomic E-state index is 12.5. The van der Waals surface area contributed by atoms with Crippen molar-refractivity contribution in [1.29, 1.82) is 0 Å². The van der Waals surface area contributed by atoms with Crippen molar-refractivity contribution in [1.82, 2.24) is 19.5 Å². The van der Waals surface area contributed by atoms with Crippen molar-refractivity contribution in [3.63, 3.8) is 0 Å². The monoisotopic (exact) mass is 409 g/mol. The van der Waals surface area contributed by atoms with Gasteiger partial charge in [-0.3, -0.25) is 14.6 Å². The van der Waals surface area contributed by atoms with E-state index in [1.54, 1.807) is 30.2 Å². The molecule has 0 unspecified atom stereocenters. The van der Waals surface area contributed by atoms with Crippen molar-refractivity contribution in [2.75, 3.05) is 5.32 Å². The van der Waals surface area contributed by atoms with E-state index < -0.39 is 0 Å². The van der Waals surface area contributed by atoms with Crippen molar-refractivity contribution >= 4 is 28.7 Å². The van der Waals surface area contributed by atoms with Crippen molar-refractivity contribution in [3.8, 4) is 22.3 Å². The molecule has 4 heterocycles. The standard InChI is InChI=1S/C24H19N5O2/c1-3-22(30)28-16-7-14(9-25-11-16)15-8-19-20(12-27-23(19)26-10-15)21-13-29(2)24(31)18-6-4-5-17(18)21/h3-5,7-13H,1,6H2,2H3,(H,26,27)(H,28,30). The number of hydrogen-bond acceptors (Lipinski definition) is 4. The number of amides is 1. The lowest BCUT2D eigenvalue weighted by Crippen LogP contribution is -2.21. The Morgan fingerprint density at radius 2 is 2.06 bits per heavy atom. The van der Waals surface area contributed by atoms with E-state index in [1.165, 1.54) is 6.08 Å². The van der Waals surface area contributed by atoms with Gasteiger partial charge >= 0.3 is 0 Å². The van der Waals surface area contributed by atoms with Gasteiger partial charge in [0.25, 0.3) is 5.56 Å². The minimum absolute atomic E-state index is 0.0341. The van der Waals surface area contributed by atoms with Crippen LogP contribution >= 0.6 is 0 Å². The molecule has 7 nitrogen and oxygen atoms in total. The maximum atomic E-state index is 12.5. The summed E-state index contributed by atoms with van der Waals surface area (Å²) in [6.45, 7) is 3.47. The van der Waals surface area contributed by atoms with Gasteiger partial charge in [-0.1, -0.05) is 18.7 Å². The van der Waals surface area contributed by atoms with E-state index in [1.807, 2.05) is 36.7 Å². The third-order valence-electron chi connectivity index (χ3n) is 5.47. The number of allylic oxidation sites excluding steroid dienone is 1. The molecule has 1 aliphatic rings. The van der Waals surface area contributed by atoms with Gasteiger partial charge < -0.3 is 14.9 Å². The lowest BCUT2D eigenvalue weighted by molar-refractivity contribution is -0.111. The zero-order valence-electron chi connectivity index (χ0n) is 16.8. The number of aryl methyl sites for hydroxylation is 1. The number of carbonyl (C=O) groups excluding carboxylic acids is 1. The zero-order chi connectivity index (χ0) is 21.5. The van der Waals surface area contributed by atoms with E-state index in [2.05, 4.69) is 26.8 Å². The lowest BCUT2D eigenvalue weighted by atomic mass is 9.98. The molecule has 0 saturated heterocycles. The molecule has 152 valence electrons. The third-order valence-corrected chi connectivity index (χ3v) is 5.47. The van der Waals surface area contributed by atoms with Gasteiger partial charge in [0.2, 0.25) is 5.91 Å². The van der Waals surface area contributed by atoms with Gasteiger partial charge in [0.15, 0.2) is 0 Å². The fourth-order valence-corrected chi connectivity index (χ4v) is 3.95. The van der Waals surface area contributed by atoms with Crippen LogP contribution in [0, 0.1) is 0 Å². The van der Waals surface area contributed by atoms with Gasteiger partial charge in [0, 0.05) is 65.0 Å². The molecule has 0 fully saturated rings. The predicted octanol–water partition coefficient (Wildman–Crippen LogP) is 3.68. The number of hydrogen-bond donors (Lipinski definition) is 2. The van der Waals surface area contributed by atoms with E-state index in [4.69, 9.17) is 0 Å². The minimum Gasteiger partial charge on any atom is -0.346 e. The summed E-state index contributed by atoms with van der Waals surface area (Å²) in [6, 6.07) is 3.89. The summed E-state index contributed by atoms with van der Waals surface area (Å²) < 4.78 is 1.63. The number of nitrogens with one attached hydrogen (secondary N) is 2. The number of rotatable bonds is 4. The zero-order valence-corrected chi connectivity index (χ0v) is 16.8. The van der Waals surface area contributed by atoms with Crippen LogP contribution in [-0.4, -0.2) is 25.4 Å². The molecular formula is C24H19N5O2. The number of aromatic nitrogens is 4. The van der Waals surface area contributed by atoms with Crippen LogP contribution in [0.2, 0.25) is 0 Å². The second kappa shape index (κ2) is 7.21. The number of aromatic amines is 1. The molecule has 4 aromatic heterocycles. The van der Waals surface area contributed by atoms with E-state index in [-0.39, 0.29) is 11.5 Å². The molecule has 0 saturated carbocycles. The highest BCUT2D eigenvalue weighted by Gasteiger charge is 2.19. The second-order valence-corrected chi connectivity index (χ2v) is 7.44. The molecule has 0 bridgehead atoms. The number of pyridine rings is 3. The predicted molar refractivity (Wildman–Crippen MR) is 122 cm³/mol. The SMILES string of the molecule is C=CC(=O)Nc1cncc(-c2cnc3[nH]cc(-c4cn(C)c(=O)c5c4C=CC5)c3c2)c1. The molecule has 5 rings (SSSR count). The fraction of sp³-hybridized carbons (Fsp3) is 0.0833. The minimum atomic E-state index is -0.294. The topological polar surface area (TPSA) is 92.7 Å². The molecule has 0 radical (unpaired) electrons.